The molecule has 0 unspecified atom stereocenters. The van der Waals surface area contributed by atoms with Crippen molar-refractivity contribution in [2.45, 2.75) is 0 Å². The molecule has 0 bridgehead atoms. The van der Waals surface area contributed by atoms with Crippen LogP contribution in [0.1, 0.15) is 5.56 Å². The fourth-order valence-electron chi connectivity index (χ4n) is 0.966. The van der Waals surface area contributed by atoms with Crippen molar-refractivity contribution in [2.24, 2.45) is 0 Å². The SMILES string of the molecule is CN(C)NC(=S)Oc1ccc(Cl)c(C#N)c1. The number of ether oxygens (including phenoxy) is 1. The van der Waals surface area contributed by atoms with E-state index in [1.165, 1.54) is 6.07 Å². The normalized spacial score (nSPS) is 9.69. The van der Waals surface area contributed by atoms with Gasteiger partial charge in [0.1, 0.15) is 11.8 Å². The van der Waals surface area contributed by atoms with Crippen molar-refractivity contribution in [2.75, 3.05) is 14.1 Å². The molecule has 1 rings (SSSR count). The third-order valence-corrected chi connectivity index (χ3v) is 2.09. The molecule has 0 saturated heterocycles. The molecule has 16 heavy (non-hydrogen) atoms. The summed E-state index contributed by atoms with van der Waals surface area (Å²) in [6.45, 7) is 0. The van der Waals surface area contributed by atoms with E-state index < -0.39 is 0 Å². The summed E-state index contributed by atoms with van der Waals surface area (Å²) in [4.78, 5) is 0. The van der Waals surface area contributed by atoms with Crippen LogP contribution in [0.25, 0.3) is 0 Å². The quantitative estimate of drug-likeness (QED) is 0.647. The molecule has 1 aromatic carbocycles. The van der Waals surface area contributed by atoms with Gasteiger partial charge in [0, 0.05) is 20.2 Å². The largest absolute Gasteiger partial charge is 0.431 e. The molecule has 0 atom stereocenters. The van der Waals surface area contributed by atoms with E-state index in [1.54, 1.807) is 31.2 Å². The molecule has 0 aromatic heterocycles. The van der Waals surface area contributed by atoms with Crippen LogP contribution < -0.4 is 10.2 Å². The summed E-state index contributed by atoms with van der Waals surface area (Å²) < 4.78 is 5.29. The number of hydrazine groups is 1. The summed E-state index contributed by atoms with van der Waals surface area (Å²) in [6, 6.07) is 6.73. The molecule has 0 aliphatic carbocycles. The van der Waals surface area contributed by atoms with Gasteiger partial charge in [0.05, 0.1) is 10.6 Å². The van der Waals surface area contributed by atoms with Crippen LogP contribution in [-0.2, 0) is 0 Å². The first-order valence-corrected chi connectivity index (χ1v) is 5.17. The highest BCUT2D eigenvalue weighted by molar-refractivity contribution is 7.80. The van der Waals surface area contributed by atoms with Gasteiger partial charge in [0.25, 0.3) is 5.17 Å². The van der Waals surface area contributed by atoms with Gasteiger partial charge in [-0.3, -0.25) is 5.43 Å². The molecule has 6 heteroatoms. The van der Waals surface area contributed by atoms with Crippen molar-refractivity contribution in [3.8, 4) is 11.8 Å². The van der Waals surface area contributed by atoms with Crippen molar-refractivity contribution < 1.29 is 4.74 Å². The minimum Gasteiger partial charge on any atom is -0.431 e. The highest BCUT2D eigenvalue weighted by Crippen LogP contribution is 2.21. The molecule has 0 spiro atoms. The Morgan fingerprint density at radius 2 is 2.25 bits per heavy atom. The number of rotatable bonds is 2. The maximum absolute atomic E-state index is 8.78. The first kappa shape index (κ1) is 12.7. The molecule has 0 fully saturated rings. The predicted molar refractivity (Wildman–Crippen MR) is 66.2 cm³/mol. The average Bonchev–Trinajstić information content (AvgIpc) is 2.19. The summed E-state index contributed by atoms with van der Waals surface area (Å²) in [6.07, 6.45) is 0. The molecule has 84 valence electrons. The Morgan fingerprint density at radius 1 is 1.56 bits per heavy atom. The number of hydrogen-bond donors (Lipinski definition) is 1. The highest BCUT2D eigenvalue weighted by atomic mass is 35.5. The van der Waals surface area contributed by atoms with E-state index in [2.05, 4.69) is 5.43 Å². The van der Waals surface area contributed by atoms with Crippen molar-refractivity contribution in [3.05, 3.63) is 28.8 Å². The van der Waals surface area contributed by atoms with Crippen LogP contribution in [0.3, 0.4) is 0 Å². The number of hydrogen-bond acceptors (Lipinski definition) is 4. The molecular weight excluding hydrogens is 246 g/mol. The summed E-state index contributed by atoms with van der Waals surface area (Å²) in [5, 5.41) is 11.0. The van der Waals surface area contributed by atoms with Crippen LogP contribution in [0.4, 0.5) is 0 Å². The zero-order chi connectivity index (χ0) is 12.1. The van der Waals surface area contributed by atoms with Gasteiger partial charge in [0.15, 0.2) is 0 Å². The lowest BCUT2D eigenvalue weighted by Crippen LogP contribution is -2.37. The van der Waals surface area contributed by atoms with Crippen LogP contribution in [0.5, 0.6) is 5.75 Å². The molecule has 0 saturated carbocycles. The minimum absolute atomic E-state index is 0.205. The fourth-order valence-corrected chi connectivity index (χ4v) is 1.40. The number of thiocarbonyl (C=S) groups is 1. The van der Waals surface area contributed by atoms with Gasteiger partial charge in [-0.1, -0.05) is 11.6 Å². The topological polar surface area (TPSA) is 48.3 Å². The predicted octanol–water partition coefficient (Wildman–Crippen LogP) is 1.94. The van der Waals surface area contributed by atoms with Crippen molar-refractivity contribution in [1.82, 2.24) is 10.4 Å². The van der Waals surface area contributed by atoms with Gasteiger partial charge >= 0.3 is 0 Å². The summed E-state index contributed by atoms with van der Waals surface area (Å²) in [5.41, 5.74) is 3.12. The van der Waals surface area contributed by atoms with Gasteiger partial charge in [0.2, 0.25) is 0 Å². The summed E-state index contributed by atoms with van der Waals surface area (Å²) in [7, 11) is 3.58. The van der Waals surface area contributed by atoms with Gasteiger partial charge in [-0.05, 0) is 24.4 Å². The molecule has 1 aromatic rings. The van der Waals surface area contributed by atoms with E-state index >= 15 is 0 Å². The van der Waals surface area contributed by atoms with Crippen LogP contribution in [-0.4, -0.2) is 24.3 Å². The maximum Gasteiger partial charge on any atom is 0.277 e. The number of benzene rings is 1. The number of nitrogens with one attached hydrogen (secondary N) is 1. The minimum atomic E-state index is 0.205. The lowest BCUT2D eigenvalue weighted by molar-refractivity contribution is 0.333. The molecule has 0 radical (unpaired) electrons. The van der Waals surface area contributed by atoms with Crippen LogP contribution in [0.15, 0.2) is 18.2 Å². The van der Waals surface area contributed by atoms with Crippen molar-refractivity contribution in [3.63, 3.8) is 0 Å². The Morgan fingerprint density at radius 3 is 2.81 bits per heavy atom. The first-order chi connectivity index (χ1) is 7.52. The second-order valence-corrected chi connectivity index (χ2v) is 3.93. The van der Waals surface area contributed by atoms with Crippen LogP contribution >= 0.6 is 23.8 Å². The van der Waals surface area contributed by atoms with E-state index in [-0.39, 0.29) is 5.17 Å². The number of halogens is 1. The summed E-state index contributed by atoms with van der Waals surface area (Å²) >= 11 is 10.7. The number of nitriles is 1. The lowest BCUT2D eigenvalue weighted by Gasteiger charge is -2.14. The first-order valence-electron chi connectivity index (χ1n) is 4.38. The lowest BCUT2D eigenvalue weighted by atomic mass is 10.2. The van der Waals surface area contributed by atoms with Crippen molar-refractivity contribution >= 4 is 29.0 Å². The Bertz CT molecular complexity index is 442. The monoisotopic (exact) mass is 255 g/mol. The third kappa shape index (κ3) is 3.66. The maximum atomic E-state index is 8.78. The van der Waals surface area contributed by atoms with E-state index in [4.69, 9.17) is 33.8 Å². The zero-order valence-electron chi connectivity index (χ0n) is 8.82. The molecule has 0 aliphatic rings. The molecule has 1 N–H and O–H groups in total. The molecule has 0 aliphatic heterocycles. The van der Waals surface area contributed by atoms with Crippen LogP contribution in [0, 0.1) is 11.3 Å². The van der Waals surface area contributed by atoms with Crippen LogP contribution in [0.2, 0.25) is 5.02 Å². The van der Waals surface area contributed by atoms with Gasteiger partial charge in [-0.15, -0.1) is 0 Å². The summed E-state index contributed by atoms with van der Waals surface area (Å²) in [5.74, 6) is 0.473. The van der Waals surface area contributed by atoms with Gasteiger partial charge in [-0.2, -0.15) is 5.26 Å². The molecular formula is C10H10ClN3OS. The second-order valence-electron chi connectivity index (χ2n) is 3.15. The zero-order valence-corrected chi connectivity index (χ0v) is 10.4. The molecule has 0 heterocycles. The molecule has 0 amide bonds. The second kappa shape index (κ2) is 5.66. The average molecular weight is 256 g/mol. The smallest absolute Gasteiger partial charge is 0.277 e. The van der Waals surface area contributed by atoms with E-state index in [1.807, 2.05) is 6.07 Å². The Balaban J connectivity index is 2.76. The highest BCUT2D eigenvalue weighted by Gasteiger charge is 2.04. The Labute approximate surface area is 104 Å². The van der Waals surface area contributed by atoms with E-state index in [9.17, 15) is 0 Å². The van der Waals surface area contributed by atoms with E-state index in [0.717, 1.165) is 0 Å². The van der Waals surface area contributed by atoms with E-state index in [0.29, 0.717) is 16.3 Å². The standard InChI is InChI=1S/C10H10ClN3OS/c1-14(2)13-10(16)15-8-3-4-9(11)7(5-8)6-12/h3-5H,1-2H3,(H,13,16). The molecule has 4 nitrogen and oxygen atoms in total. The number of nitrogens with zero attached hydrogens (tertiary/aromatic N) is 2. The Hall–Kier alpha value is -1.35. The fraction of sp³-hybridized carbons (Fsp3) is 0.200. The Kier molecular flexibility index (Phi) is 4.50. The third-order valence-electron chi connectivity index (χ3n) is 1.58. The van der Waals surface area contributed by atoms with Crippen molar-refractivity contribution in [1.29, 1.82) is 5.26 Å². The van der Waals surface area contributed by atoms with Gasteiger partial charge in [-0.25, -0.2) is 5.01 Å². The van der Waals surface area contributed by atoms with Gasteiger partial charge < -0.3 is 4.74 Å².